The molecule has 0 aliphatic heterocycles. The third-order valence-corrected chi connectivity index (χ3v) is 3.78. The Bertz CT molecular complexity index is 307. The van der Waals surface area contributed by atoms with Crippen LogP contribution in [-0.4, -0.2) is 18.3 Å². The van der Waals surface area contributed by atoms with Gasteiger partial charge >= 0.3 is 0 Å². The number of rotatable bonds is 6. The molecule has 0 aromatic heterocycles. The maximum atomic E-state index is 3.54. The van der Waals surface area contributed by atoms with Gasteiger partial charge in [0.2, 0.25) is 0 Å². The Kier molecular flexibility index (Phi) is 4.09. The van der Waals surface area contributed by atoms with E-state index >= 15 is 0 Å². The van der Waals surface area contributed by atoms with Crippen LogP contribution in [0.1, 0.15) is 24.0 Å². The van der Waals surface area contributed by atoms with Gasteiger partial charge in [-0.15, -0.1) is 0 Å². The molecule has 0 amide bonds. The van der Waals surface area contributed by atoms with Crippen LogP contribution in [0.3, 0.4) is 0 Å². The largest absolute Gasteiger partial charge is 0.313 e. The second-order valence-corrected chi connectivity index (χ2v) is 5.31. The first-order chi connectivity index (χ1) is 7.36. The van der Waals surface area contributed by atoms with Gasteiger partial charge < -0.3 is 5.32 Å². The van der Waals surface area contributed by atoms with Gasteiger partial charge in [0.1, 0.15) is 0 Å². The van der Waals surface area contributed by atoms with E-state index in [1.807, 2.05) is 11.8 Å². The summed E-state index contributed by atoms with van der Waals surface area (Å²) in [6.07, 6.45) is 2.78. The van der Waals surface area contributed by atoms with Gasteiger partial charge in [-0.2, -0.15) is 11.8 Å². The molecular weight excluding hydrogens is 202 g/mol. The maximum absolute atomic E-state index is 3.54. The second kappa shape index (κ2) is 5.57. The van der Waals surface area contributed by atoms with Crippen LogP contribution in [0.25, 0.3) is 0 Å². The lowest BCUT2D eigenvalue weighted by atomic mass is 10.1. The molecule has 2 rings (SSSR count). The highest BCUT2D eigenvalue weighted by Gasteiger charge is 2.19. The van der Waals surface area contributed by atoms with E-state index in [1.165, 1.54) is 36.3 Å². The van der Waals surface area contributed by atoms with E-state index in [1.54, 1.807) is 0 Å². The van der Waals surface area contributed by atoms with Crippen LogP contribution < -0.4 is 5.32 Å². The SMILES string of the molecule is Cc1ccccc1CSCCNC1CC1. The Morgan fingerprint density at radius 1 is 1.33 bits per heavy atom. The van der Waals surface area contributed by atoms with Gasteiger partial charge in [-0.3, -0.25) is 0 Å². The van der Waals surface area contributed by atoms with Crippen LogP contribution in [0.5, 0.6) is 0 Å². The number of nitrogens with one attached hydrogen (secondary N) is 1. The Labute approximate surface area is 96.7 Å². The third kappa shape index (κ3) is 3.88. The molecule has 1 aromatic rings. The highest BCUT2D eigenvalue weighted by Crippen LogP contribution is 2.19. The zero-order chi connectivity index (χ0) is 10.5. The number of thioether (sulfide) groups is 1. The van der Waals surface area contributed by atoms with Crippen LogP contribution in [0.2, 0.25) is 0 Å². The van der Waals surface area contributed by atoms with Gasteiger partial charge in [0, 0.05) is 24.1 Å². The summed E-state index contributed by atoms with van der Waals surface area (Å²) in [5.41, 5.74) is 2.90. The first-order valence-electron chi connectivity index (χ1n) is 5.72. The van der Waals surface area contributed by atoms with E-state index in [9.17, 15) is 0 Å². The number of aryl methyl sites for hydroxylation is 1. The molecule has 15 heavy (non-hydrogen) atoms. The van der Waals surface area contributed by atoms with Crippen molar-refractivity contribution in [2.75, 3.05) is 12.3 Å². The fourth-order valence-corrected chi connectivity index (χ4v) is 2.53. The van der Waals surface area contributed by atoms with Crippen LogP contribution >= 0.6 is 11.8 Å². The van der Waals surface area contributed by atoms with Gasteiger partial charge in [0.15, 0.2) is 0 Å². The van der Waals surface area contributed by atoms with Crippen molar-refractivity contribution < 1.29 is 0 Å². The molecule has 0 unspecified atom stereocenters. The molecule has 0 atom stereocenters. The third-order valence-electron chi connectivity index (χ3n) is 2.78. The number of benzene rings is 1. The summed E-state index contributed by atoms with van der Waals surface area (Å²) >= 11 is 2.03. The molecule has 1 nitrogen and oxygen atoms in total. The summed E-state index contributed by atoms with van der Waals surface area (Å²) in [6.45, 7) is 3.36. The van der Waals surface area contributed by atoms with Gasteiger partial charge in [-0.25, -0.2) is 0 Å². The van der Waals surface area contributed by atoms with Crippen molar-refractivity contribution in [2.24, 2.45) is 0 Å². The molecule has 0 spiro atoms. The summed E-state index contributed by atoms with van der Waals surface area (Å²) in [5.74, 6) is 2.38. The van der Waals surface area contributed by atoms with E-state index in [4.69, 9.17) is 0 Å². The molecule has 1 saturated carbocycles. The van der Waals surface area contributed by atoms with E-state index in [0.717, 1.165) is 11.8 Å². The quantitative estimate of drug-likeness (QED) is 0.741. The number of hydrogen-bond acceptors (Lipinski definition) is 2. The molecule has 1 aromatic carbocycles. The van der Waals surface area contributed by atoms with E-state index < -0.39 is 0 Å². The lowest BCUT2D eigenvalue weighted by molar-refractivity contribution is 0.726. The Morgan fingerprint density at radius 2 is 2.13 bits per heavy atom. The fraction of sp³-hybridized carbons (Fsp3) is 0.538. The normalized spacial score (nSPS) is 15.5. The lowest BCUT2D eigenvalue weighted by Crippen LogP contribution is -2.19. The van der Waals surface area contributed by atoms with Crippen molar-refractivity contribution in [3.63, 3.8) is 0 Å². The Balaban J connectivity index is 1.62. The molecule has 0 heterocycles. The minimum atomic E-state index is 0.851. The summed E-state index contributed by atoms with van der Waals surface area (Å²) in [5, 5.41) is 3.54. The molecule has 1 fully saturated rings. The van der Waals surface area contributed by atoms with Gasteiger partial charge in [-0.1, -0.05) is 24.3 Å². The minimum Gasteiger partial charge on any atom is -0.313 e. The summed E-state index contributed by atoms with van der Waals surface area (Å²) in [6, 6.07) is 9.52. The molecule has 1 N–H and O–H groups in total. The second-order valence-electron chi connectivity index (χ2n) is 4.21. The van der Waals surface area contributed by atoms with Crippen molar-refractivity contribution in [3.05, 3.63) is 35.4 Å². The van der Waals surface area contributed by atoms with Gasteiger partial charge in [0.25, 0.3) is 0 Å². The molecule has 1 aliphatic rings. The zero-order valence-corrected chi connectivity index (χ0v) is 10.1. The standard InChI is InChI=1S/C13H19NS/c1-11-4-2-3-5-12(11)10-15-9-8-14-13-6-7-13/h2-5,13-14H,6-10H2,1H3. The first-order valence-corrected chi connectivity index (χ1v) is 6.87. The summed E-state index contributed by atoms with van der Waals surface area (Å²) in [7, 11) is 0. The monoisotopic (exact) mass is 221 g/mol. The van der Waals surface area contributed by atoms with Crippen LogP contribution in [0.4, 0.5) is 0 Å². The fourth-order valence-electron chi connectivity index (χ4n) is 1.58. The van der Waals surface area contributed by atoms with Crippen molar-refractivity contribution in [3.8, 4) is 0 Å². The van der Waals surface area contributed by atoms with Crippen LogP contribution in [0.15, 0.2) is 24.3 Å². The molecule has 0 bridgehead atoms. The molecule has 2 heteroatoms. The van der Waals surface area contributed by atoms with E-state index in [-0.39, 0.29) is 0 Å². The first kappa shape index (κ1) is 11.0. The van der Waals surface area contributed by atoms with E-state index in [2.05, 4.69) is 36.5 Å². The lowest BCUT2D eigenvalue weighted by Gasteiger charge is -2.05. The maximum Gasteiger partial charge on any atom is 0.0187 e. The van der Waals surface area contributed by atoms with Crippen LogP contribution in [0, 0.1) is 6.92 Å². The highest BCUT2D eigenvalue weighted by atomic mass is 32.2. The molecule has 82 valence electrons. The van der Waals surface area contributed by atoms with Crippen molar-refractivity contribution in [1.29, 1.82) is 0 Å². The Hall–Kier alpha value is -0.470. The van der Waals surface area contributed by atoms with Crippen molar-refractivity contribution >= 4 is 11.8 Å². The van der Waals surface area contributed by atoms with E-state index in [0.29, 0.717) is 0 Å². The van der Waals surface area contributed by atoms with Gasteiger partial charge in [0.05, 0.1) is 0 Å². The van der Waals surface area contributed by atoms with Crippen molar-refractivity contribution in [1.82, 2.24) is 5.32 Å². The molecule has 1 aliphatic carbocycles. The smallest absolute Gasteiger partial charge is 0.0187 e. The molecular formula is C13H19NS. The van der Waals surface area contributed by atoms with Crippen molar-refractivity contribution in [2.45, 2.75) is 31.6 Å². The summed E-state index contributed by atoms with van der Waals surface area (Å²) < 4.78 is 0. The summed E-state index contributed by atoms with van der Waals surface area (Å²) in [4.78, 5) is 0. The highest BCUT2D eigenvalue weighted by molar-refractivity contribution is 7.98. The topological polar surface area (TPSA) is 12.0 Å². The Morgan fingerprint density at radius 3 is 2.87 bits per heavy atom. The van der Waals surface area contributed by atoms with Crippen LogP contribution in [-0.2, 0) is 5.75 Å². The van der Waals surface area contributed by atoms with Gasteiger partial charge in [-0.05, 0) is 30.9 Å². The number of hydrogen-bond donors (Lipinski definition) is 1. The predicted molar refractivity (Wildman–Crippen MR) is 68.4 cm³/mol. The average Bonchev–Trinajstić information content (AvgIpc) is 3.04. The molecule has 0 radical (unpaired) electrons. The molecule has 0 saturated heterocycles. The average molecular weight is 221 g/mol. The minimum absolute atomic E-state index is 0.851. The zero-order valence-electron chi connectivity index (χ0n) is 9.33. The predicted octanol–water partition coefficient (Wildman–Crippen LogP) is 2.98.